The predicted molar refractivity (Wildman–Crippen MR) is 52.8 cm³/mol. The summed E-state index contributed by atoms with van der Waals surface area (Å²) in [5.41, 5.74) is -0.448. The Morgan fingerprint density at radius 2 is 2.20 bits per heavy atom. The van der Waals surface area contributed by atoms with E-state index in [1.165, 1.54) is 12.3 Å². The fourth-order valence-electron chi connectivity index (χ4n) is 1.14. The number of nitrogens with zero attached hydrogens (tertiary/aromatic N) is 2. The lowest BCUT2D eigenvalue weighted by atomic mass is 10.3. The van der Waals surface area contributed by atoms with E-state index < -0.39 is 17.8 Å². The average Bonchev–Trinajstić information content (AvgIpc) is 2.18. The van der Waals surface area contributed by atoms with Gasteiger partial charge in [0.1, 0.15) is 4.60 Å². The molecule has 2 aromatic heterocycles. The average molecular weight is 276 g/mol. The van der Waals surface area contributed by atoms with Gasteiger partial charge in [0.05, 0.1) is 17.1 Å². The van der Waals surface area contributed by atoms with Crippen LogP contribution in [-0.4, -0.2) is 15.0 Å². The monoisotopic (exact) mass is 275 g/mol. The highest BCUT2D eigenvalue weighted by Gasteiger charge is 2.12. The number of halogens is 3. The van der Waals surface area contributed by atoms with Crippen LogP contribution in [-0.2, 0) is 0 Å². The fraction of sp³-hybridized carbons (Fsp3) is 0.125. The van der Waals surface area contributed by atoms with E-state index in [0.29, 0.717) is 4.60 Å². The molecular formula is C8H4BrF2N3O. The third kappa shape index (κ3) is 1.87. The molecular weight excluding hydrogens is 272 g/mol. The molecule has 7 heteroatoms. The second-order valence-corrected chi connectivity index (χ2v) is 3.59. The van der Waals surface area contributed by atoms with Crippen molar-refractivity contribution in [2.24, 2.45) is 0 Å². The molecule has 0 saturated heterocycles. The second-order valence-electron chi connectivity index (χ2n) is 2.78. The van der Waals surface area contributed by atoms with E-state index in [4.69, 9.17) is 0 Å². The van der Waals surface area contributed by atoms with Crippen molar-refractivity contribution < 1.29 is 8.78 Å². The Hall–Kier alpha value is -1.37. The van der Waals surface area contributed by atoms with E-state index in [1.54, 1.807) is 0 Å². The molecule has 0 unspecified atom stereocenters. The number of aromatic amines is 1. The van der Waals surface area contributed by atoms with Crippen molar-refractivity contribution in [1.82, 2.24) is 15.0 Å². The number of alkyl halides is 2. The Kier molecular flexibility index (Phi) is 2.47. The van der Waals surface area contributed by atoms with Crippen LogP contribution < -0.4 is 5.56 Å². The van der Waals surface area contributed by atoms with Gasteiger partial charge in [-0.05, 0) is 22.0 Å². The van der Waals surface area contributed by atoms with Gasteiger partial charge in [-0.15, -0.1) is 0 Å². The lowest BCUT2D eigenvalue weighted by molar-refractivity contribution is 0.140. The Labute approximate surface area is 90.5 Å². The molecule has 0 spiro atoms. The summed E-state index contributed by atoms with van der Waals surface area (Å²) in [5, 5.41) is 0.223. The van der Waals surface area contributed by atoms with Crippen molar-refractivity contribution in [3.05, 3.63) is 33.0 Å². The van der Waals surface area contributed by atoms with Crippen LogP contribution in [0.25, 0.3) is 10.9 Å². The Balaban J connectivity index is 2.79. The summed E-state index contributed by atoms with van der Waals surface area (Å²) >= 11 is 3.07. The smallest absolute Gasteiger partial charge is 0.295 e. The van der Waals surface area contributed by atoms with E-state index in [1.807, 2.05) is 4.98 Å². The van der Waals surface area contributed by atoms with E-state index in [-0.39, 0.29) is 10.9 Å². The van der Waals surface area contributed by atoms with Crippen LogP contribution in [0.5, 0.6) is 0 Å². The maximum atomic E-state index is 12.3. The normalized spacial score (nSPS) is 11.2. The lowest BCUT2D eigenvalue weighted by Crippen LogP contribution is -2.12. The van der Waals surface area contributed by atoms with Crippen LogP contribution in [0.15, 0.2) is 21.7 Å². The van der Waals surface area contributed by atoms with Gasteiger partial charge in [-0.25, -0.2) is 18.7 Å². The molecule has 2 heterocycles. The topological polar surface area (TPSA) is 58.6 Å². The molecule has 78 valence electrons. The Morgan fingerprint density at radius 1 is 1.47 bits per heavy atom. The standard InChI is InChI=1S/C8H4BrF2N3O/c9-5-1-3-4(2-12-5)13-7(6(10)11)14-8(3)15/h1-2,6H,(H,13,14,15). The predicted octanol–water partition coefficient (Wildman–Crippen LogP) is 2.02. The van der Waals surface area contributed by atoms with Gasteiger partial charge in [0.15, 0.2) is 5.82 Å². The maximum Gasteiger partial charge on any atom is 0.295 e. The number of fused-ring (bicyclic) bond motifs is 1. The highest BCUT2D eigenvalue weighted by atomic mass is 79.9. The Morgan fingerprint density at radius 3 is 2.87 bits per heavy atom. The molecule has 2 rings (SSSR count). The van der Waals surface area contributed by atoms with Crippen molar-refractivity contribution >= 4 is 26.8 Å². The van der Waals surface area contributed by atoms with Gasteiger partial charge in [-0.2, -0.15) is 0 Å². The van der Waals surface area contributed by atoms with Crippen LogP contribution >= 0.6 is 15.9 Å². The summed E-state index contributed by atoms with van der Waals surface area (Å²) in [6, 6.07) is 1.43. The molecule has 0 aliphatic rings. The number of aromatic nitrogens is 3. The van der Waals surface area contributed by atoms with Gasteiger partial charge in [-0.3, -0.25) is 4.79 Å². The molecule has 0 saturated carbocycles. The van der Waals surface area contributed by atoms with Crippen LogP contribution in [0.2, 0.25) is 0 Å². The minimum atomic E-state index is -2.80. The summed E-state index contributed by atoms with van der Waals surface area (Å²) in [5.74, 6) is -0.642. The molecule has 0 bridgehead atoms. The molecule has 0 atom stereocenters. The van der Waals surface area contributed by atoms with Gasteiger partial charge in [0.25, 0.3) is 12.0 Å². The number of pyridine rings is 1. The SMILES string of the molecule is O=c1[nH]c(C(F)F)nc2cnc(Br)cc12. The van der Waals surface area contributed by atoms with Gasteiger partial charge in [0.2, 0.25) is 0 Å². The molecule has 15 heavy (non-hydrogen) atoms. The highest BCUT2D eigenvalue weighted by Crippen LogP contribution is 2.16. The van der Waals surface area contributed by atoms with Crippen molar-refractivity contribution in [1.29, 1.82) is 0 Å². The molecule has 0 radical (unpaired) electrons. The summed E-state index contributed by atoms with van der Waals surface area (Å²) in [7, 11) is 0. The highest BCUT2D eigenvalue weighted by molar-refractivity contribution is 9.10. The van der Waals surface area contributed by atoms with E-state index in [9.17, 15) is 13.6 Å². The number of nitrogens with one attached hydrogen (secondary N) is 1. The largest absolute Gasteiger partial charge is 0.305 e. The molecule has 4 nitrogen and oxygen atoms in total. The number of rotatable bonds is 1. The lowest BCUT2D eigenvalue weighted by Gasteiger charge is -2.01. The van der Waals surface area contributed by atoms with E-state index >= 15 is 0 Å². The first-order valence-electron chi connectivity index (χ1n) is 3.91. The van der Waals surface area contributed by atoms with Crippen molar-refractivity contribution in [2.75, 3.05) is 0 Å². The first kappa shape index (κ1) is 10.2. The number of hydrogen-bond donors (Lipinski definition) is 1. The first-order valence-corrected chi connectivity index (χ1v) is 4.71. The zero-order valence-electron chi connectivity index (χ0n) is 7.17. The number of hydrogen-bond acceptors (Lipinski definition) is 3. The summed E-state index contributed by atoms with van der Waals surface area (Å²) in [6.07, 6.45) is -1.54. The van der Waals surface area contributed by atoms with Gasteiger partial charge in [0, 0.05) is 0 Å². The zero-order valence-corrected chi connectivity index (χ0v) is 8.75. The minimum Gasteiger partial charge on any atom is -0.305 e. The quantitative estimate of drug-likeness (QED) is 0.810. The van der Waals surface area contributed by atoms with Crippen LogP contribution in [0.4, 0.5) is 8.78 Å². The molecule has 0 aliphatic carbocycles. The molecule has 0 aromatic carbocycles. The third-order valence-electron chi connectivity index (χ3n) is 1.78. The minimum absolute atomic E-state index is 0.150. The summed E-state index contributed by atoms with van der Waals surface area (Å²) in [6.45, 7) is 0. The van der Waals surface area contributed by atoms with E-state index in [0.717, 1.165) is 0 Å². The van der Waals surface area contributed by atoms with Gasteiger partial charge < -0.3 is 4.98 Å². The second kappa shape index (κ2) is 3.65. The summed E-state index contributed by atoms with van der Waals surface area (Å²) in [4.78, 5) is 20.8. The van der Waals surface area contributed by atoms with Crippen LogP contribution in [0, 0.1) is 0 Å². The maximum absolute atomic E-state index is 12.3. The molecule has 0 fully saturated rings. The molecule has 1 N–H and O–H groups in total. The van der Waals surface area contributed by atoms with Crippen molar-refractivity contribution in [3.8, 4) is 0 Å². The molecule has 0 aliphatic heterocycles. The third-order valence-corrected chi connectivity index (χ3v) is 2.22. The summed E-state index contributed by atoms with van der Waals surface area (Å²) < 4.78 is 25.0. The molecule has 2 aromatic rings. The van der Waals surface area contributed by atoms with Crippen molar-refractivity contribution in [2.45, 2.75) is 6.43 Å². The Bertz CT molecular complexity index is 569. The first-order chi connectivity index (χ1) is 7.08. The number of H-pyrrole nitrogens is 1. The zero-order chi connectivity index (χ0) is 11.0. The van der Waals surface area contributed by atoms with Crippen LogP contribution in [0.3, 0.4) is 0 Å². The van der Waals surface area contributed by atoms with E-state index in [2.05, 4.69) is 25.9 Å². The fourth-order valence-corrected chi connectivity index (χ4v) is 1.47. The van der Waals surface area contributed by atoms with Gasteiger partial charge >= 0.3 is 0 Å². The van der Waals surface area contributed by atoms with Crippen molar-refractivity contribution in [3.63, 3.8) is 0 Å². The van der Waals surface area contributed by atoms with Gasteiger partial charge in [-0.1, -0.05) is 0 Å². The molecule has 0 amide bonds. The van der Waals surface area contributed by atoms with Crippen LogP contribution in [0.1, 0.15) is 12.2 Å².